The molecule has 0 bridgehead atoms. The highest BCUT2D eigenvalue weighted by Gasteiger charge is 2.26. The van der Waals surface area contributed by atoms with E-state index in [1.165, 1.54) is 6.42 Å². The lowest BCUT2D eigenvalue weighted by atomic mass is 9.85. The average Bonchev–Trinajstić information content (AvgIpc) is 3.04. The van der Waals surface area contributed by atoms with Crippen molar-refractivity contribution in [3.8, 4) is 0 Å². The number of aryl methyl sites for hydroxylation is 2. The Balaban J connectivity index is 1.66. The first-order valence-electron chi connectivity index (χ1n) is 8.20. The summed E-state index contributed by atoms with van der Waals surface area (Å²) >= 11 is 0. The van der Waals surface area contributed by atoms with Crippen molar-refractivity contribution in [2.75, 3.05) is 7.05 Å². The molecule has 124 valence electrons. The van der Waals surface area contributed by atoms with Gasteiger partial charge in [-0.2, -0.15) is 10.1 Å². The van der Waals surface area contributed by atoms with Gasteiger partial charge in [0.05, 0.1) is 17.8 Å². The van der Waals surface area contributed by atoms with E-state index in [9.17, 15) is 4.79 Å². The standard InChI is InChI=1S/C16H23N5O2/c1-4-8-21-9-13(11(2)18-21)16(22)20(3)10-14-17-15(23-19-14)12-6-5-7-12/h9,12H,4-8,10H2,1-3H3. The van der Waals surface area contributed by atoms with Gasteiger partial charge in [0.25, 0.3) is 5.91 Å². The Morgan fingerprint density at radius 1 is 1.48 bits per heavy atom. The van der Waals surface area contributed by atoms with Gasteiger partial charge in [-0.15, -0.1) is 0 Å². The molecule has 0 unspecified atom stereocenters. The monoisotopic (exact) mass is 317 g/mol. The molecule has 1 fully saturated rings. The van der Waals surface area contributed by atoms with Gasteiger partial charge >= 0.3 is 0 Å². The molecule has 2 heterocycles. The third-order valence-electron chi connectivity index (χ3n) is 4.29. The molecule has 7 nitrogen and oxygen atoms in total. The number of nitrogens with zero attached hydrogens (tertiary/aromatic N) is 5. The summed E-state index contributed by atoms with van der Waals surface area (Å²) in [4.78, 5) is 18.6. The summed E-state index contributed by atoms with van der Waals surface area (Å²) in [5.41, 5.74) is 1.38. The van der Waals surface area contributed by atoms with Crippen LogP contribution in [0.5, 0.6) is 0 Å². The van der Waals surface area contributed by atoms with E-state index in [1.807, 2.05) is 17.8 Å². The molecular formula is C16H23N5O2. The summed E-state index contributed by atoms with van der Waals surface area (Å²) < 4.78 is 7.12. The molecule has 0 saturated heterocycles. The third-order valence-corrected chi connectivity index (χ3v) is 4.29. The molecule has 1 aliphatic rings. The molecular weight excluding hydrogens is 294 g/mol. The molecule has 3 rings (SSSR count). The van der Waals surface area contributed by atoms with Crippen molar-refractivity contribution in [3.63, 3.8) is 0 Å². The van der Waals surface area contributed by atoms with Crippen molar-refractivity contribution in [2.45, 2.75) is 58.5 Å². The van der Waals surface area contributed by atoms with Gasteiger partial charge in [-0.1, -0.05) is 18.5 Å². The van der Waals surface area contributed by atoms with Gasteiger partial charge in [-0.05, 0) is 26.2 Å². The van der Waals surface area contributed by atoms with Crippen molar-refractivity contribution in [2.24, 2.45) is 0 Å². The molecule has 0 spiro atoms. The molecule has 2 aromatic rings. The van der Waals surface area contributed by atoms with Gasteiger partial charge in [0.1, 0.15) is 0 Å². The fraction of sp³-hybridized carbons (Fsp3) is 0.625. The Bertz CT molecular complexity index is 686. The average molecular weight is 317 g/mol. The highest BCUT2D eigenvalue weighted by Crippen LogP contribution is 2.35. The SMILES string of the molecule is CCCn1cc(C(=O)N(C)Cc2noc(C3CCC3)n2)c(C)n1. The summed E-state index contributed by atoms with van der Waals surface area (Å²) in [6.07, 6.45) is 6.26. The predicted molar refractivity (Wildman–Crippen MR) is 83.9 cm³/mol. The van der Waals surface area contributed by atoms with Crippen LogP contribution in [0.25, 0.3) is 0 Å². The molecule has 0 atom stereocenters. The van der Waals surface area contributed by atoms with Crippen LogP contribution in [-0.2, 0) is 13.1 Å². The van der Waals surface area contributed by atoms with Crippen molar-refractivity contribution in [1.82, 2.24) is 24.8 Å². The zero-order valence-electron chi connectivity index (χ0n) is 13.9. The molecule has 2 aromatic heterocycles. The molecule has 0 N–H and O–H groups in total. The molecule has 1 amide bonds. The lowest BCUT2D eigenvalue weighted by Crippen LogP contribution is -2.27. The van der Waals surface area contributed by atoms with E-state index < -0.39 is 0 Å². The Kier molecular flexibility index (Phi) is 4.45. The lowest BCUT2D eigenvalue weighted by molar-refractivity contribution is 0.0780. The summed E-state index contributed by atoms with van der Waals surface area (Å²) in [5, 5.41) is 8.37. The number of hydrogen-bond acceptors (Lipinski definition) is 5. The fourth-order valence-electron chi connectivity index (χ4n) is 2.71. The second-order valence-corrected chi connectivity index (χ2v) is 6.23. The molecule has 1 saturated carbocycles. The fourth-order valence-corrected chi connectivity index (χ4v) is 2.71. The van der Waals surface area contributed by atoms with Gasteiger partial charge in [-0.3, -0.25) is 9.48 Å². The maximum Gasteiger partial charge on any atom is 0.257 e. The number of aromatic nitrogens is 4. The van der Waals surface area contributed by atoms with Crippen LogP contribution in [0.15, 0.2) is 10.7 Å². The Morgan fingerprint density at radius 2 is 2.26 bits per heavy atom. The largest absolute Gasteiger partial charge is 0.339 e. The minimum atomic E-state index is -0.0696. The van der Waals surface area contributed by atoms with E-state index in [2.05, 4.69) is 22.2 Å². The van der Waals surface area contributed by atoms with Crippen LogP contribution in [0.3, 0.4) is 0 Å². The third kappa shape index (κ3) is 3.28. The van der Waals surface area contributed by atoms with Crippen LogP contribution in [0, 0.1) is 6.92 Å². The smallest absolute Gasteiger partial charge is 0.257 e. The summed E-state index contributed by atoms with van der Waals surface area (Å²) in [6.45, 7) is 5.09. The Hall–Kier alpha value is -2.18. The quantitative estimate of drug-likeness (QED) is 0.818. The number of hydrogen-bond donors (Lipinski definition) is 0. The first-order chi connectivity index (χ1) is 11.1. The second kappa shape index (κ2) is 6.52. The maximum atomic E-state index is 12.6. The zero-order chi connectivity index (χ0) is 16.4. The van der Waals surface area contributed by atoms with Crippen molar-refractivity contribution in [1.29, 1.82) is 0 Å². The van der Waals surface area contributed by atoms with Gasteiger partial charge in [0, 0.05) is 25.7 Å². The van der Waals surface area contributed by atoms with Gasteiger partial charge < -0.3 is 9.42 Å². The zero-order valence-corrected chi connectivity index (χ0v) is 13.9. The predicted octanol–water partition coefficient (Wildman–Crippen LogP) is 2.52. The first-order valence-corrected chi connectivity index (χ1v) is 8.20. The number of rotatable bonds is 6. The lowest BCUT2D eigenvalue weighted by Gasteiger charge is -2.20. The maximum absolute atomic E-state index is 12.6. The van der Waals surface area contributed by atoms with Crippen molar-refractivity contribution < 1.29 is 9.32 Å². The van der Waals surface area contributed by atoms with E-state index >= 15 is 0 Å². The van der Waals surface area contributed by atoms with Crippen molar-refractivity contribution >= 4 is 5.91 Å². The molecule has 0 aliphatic heterocycles. The minimum absolute atomic E-state index is 0.0696. The van der Waals surface area contributed by atoms with Crippen LogP contribution in [0.4, 0.5) is 0 Å². The molecule has 0 aromatic carbocycles. The summed E-state index contributed by atoms with van der Waals surface area (Å²) in [6, 6.07) is 0. The number of carbonyl (C=O) groups excluding carboxylic acids is 1. The normalized spacial score (nSPS) is 14.7. The minimum Gasteiger partial charge on any atom is -0.339 e. The van der Waals surface area contributed by atoms with E-state index in [0.717, 1.165) is 31.5 Å². The highest BCUT2D eigenvalue weighted by molar-refractivity contribution is 5.94. The van der Waals surface area contributed by atoms with Gasteiger partial charge in [-0.25, -0.2) is 0 Å². The number of carbonyl (C=O) groups is 1. The van der Waals surface area contributed by atoms with E-state index in [-0.39, 0.29) is 5.91 Å². The van der Waals surface area contributed by atoms with Crippen LogP contribution in [0.1, 0.15) is 66.3 Å². The molecule has 23 heavy (non-hydrogen) atoms. The van der Waals surface area contributed by atoms with E-state index in [4.69, 9.17) is 4.52 Å². The van der Waals surface area contributed by atoms with Crippen LogP contribution < -0.4 is 0 Å². The van der Waals surface area contributed by atoms with Crippen LogP contribution >= 0.6 is 0 Å². The van der Waals surface area contributed by atoms with Gasteiger partial charge in [0.15, 0.2) is 5.82 Å². The van der Waals surface area contributed by atoms with Crippen LogP contribution in [-0.4, -0.2) is 37.8 Å². The number of amides is 1. The van der Waals surface area contributed by atoms with Crippen molar-refractivity contribution in [3.05, 3.63) is 29.2 Å². The summed E-state index contributed by atoms with van der Waals surface area (Å²) in [5.74, 6) is 1.60. The Morgan fingerprint density at radius 3 is 2.91 bits per heavy atom. The highest BCUT2D eigenvalue weighted by atomic mass is 16.5. The topological polar surface area (TPSA) is 77.0 Å². The van der Waals surface area contributed by atoms with Crippen LogP contribution in [0.2, 0.25) is 0 Å². The second-order valence-electron chi connectivity index (χ2n) is 6.23. The molecule has 7 heteroatoms. The molecule has 1 aliphatic carbocycles. The first kappa shape index (κ1) is 15.7. The Labute approximate surface area is 135 Å². The molecule has 0 radical (unpaired) electrons. The van der Waals surface area contributed by atoms with E-state index in [1.54, 1.807) is 11.9 Å². The summed E-state index contributed by atoms with van der Waals surface area (Å²) in [7, 11) is 1.75. The van der Waals surface area contributed by atoms with E-state index in [0.29, 0.717) is 29.7 Å². The van der Waals surface area contributed by atoms with Gasteiger partial charge in [0.2, 0.25) is 5.89 Å².